The Bertz CT molecular complexity index is 605. The van der Waals surface area contributed by atoms with Gasteiger partial charge in [0.2, 0.25) is 0 Å². The zero-order valence-electron chi connectivity index (χ0n) is 15.7. The number of nitrogens with zero attached hydrogens (tertiary/aromatic N) is 3. The van der Waals surface area contributed by atoms with Crippen LogP contribution in [0.4, 0.5) is 5.69 Å². The van der Waals surface area contributed by atoms with Crippen molar-refractivity contribution in [3.05, 3.63) is 28.8 Å². The molecule has 2 aliphatic rings. The molecule has 1 aromatic carbocycles. The summed E-state index contributed by atoms with van der Waals surface area (Å²) in [4.78, 5) is 19.4. The van der Waals surface area contributed by atoms with Crippen LogP contribution in [-0.2, 0) is 0 Å². The summed E-state index contributed by atoms with van der Waals surface area (Å²) in [6, 6.07) is 6.37. The van der Waals surface area contributed by atoms with E-state index in [1.165, 1.54) is 12.8 Å². The van der Waals surface area contributed by atoms with Crippen molar-refractivity contribution in [2.24, 2.45) is 5.92 Å². The van der Waals surface area contributed by atoms with Gasteiger partial charge in [0.1, 0.15) is 0 Å². The molecule has 3 rings (SSSR count). The van der Waals surface area contributed by atoms with Gasteiger partial charge in [0.25, 0.3) is 5.91 Å². The van der Waals surface area contributed by atoms with Crippen molar-refractivity contribution in [1.82, 2.24) is 9.80 Å². The van der Waals surface area contributed by atoms with Gasteiger partial charge >= 0.3 is 0 Å². The van der Waals surface area contributed by atoms with Crippen LogP contribution < -0.4 is 4.90 Å². The van der Waals surface area contributed by atoms with Crippen LogP contribution in [0.5, 0.6) is 0 Å². The second-order valence-electron chi connectivity index (χ2n) is 7.69. The highest BCUT2D eigenvalue weighted by molar-refractivity contribution is 6.33. The Morgan fingerprint density at radius 1 is 1.16 bits per heavy atom. The van der Waals surface area contributed by atoms with E-state index in [2.05, 4.69) is 30.8 Å². The first-order valence-corrected chi connectivity index (χ1v) is 9.85. The molecule has 2 aliphatic heterocycles. The second-order valence-corrected chi connectivity index (χ2v) is 8.10. The van der Waals surface area contributed by atoms with Crippen LogP contribution in [0.25, 0.3) is 0 Å². The minimum absolute atomic E-state index is 0.117. The maximum absolute atomic E-state index is 12.8. The van der Waals surface area contributed by atoms with Crippen molar-refractivity contribution in [2.45, 2.75) is 38.6 Å². The molecule has 2 fully saturated rings. The molecule has 0 unspecified atom stereocenters. The van der Waals surface area contributed by atoms with Gasteiger partial charge in [-0.1, -0.05) is 11.6 Å². The van der Waals surface area contributed by atoms with Crippen molar-refractivity contribution in [1.29, 1.82) is 0 Å². The lowest BCUT2D eigenvalue weighted by Gasteiger charge is -2.37. The number of hydrogen-bond donors (Lipinski definition) is 0. The molecule has 0 N–H and O–H groups in total. The van der Waals surface area contributed by atoms with Gasteiger partial charge in [0.15, 0.2) is 0 Å². The van der Waals surface area contributed by atoms with Crippen LogP contribution >= 0.6 is 11.6 Å². The normalized spacial score (nSPS) is 20.4. The van der Waals surface area contributed by atoms with Gasteiger partial charge in [-0.25, -0.2) is 0 Å². The summed E-state index contributed by atoms with van der Waals surface area (Å²) in [5.74, 6) is 0.783. The highest BCUT2D eigenvalue weighted by atomic mass is 35.5. The molecule has 1 amide bonds. The molecule has 0 aliphatic carbocycles. The zero-order valence-corrected chi connectivity index (χ0v) is 16.4. The van der Waals surface area contributed by atoms with E-state index in [0.717, 1.165) is 44.7 Å². The van der Waals surface area contributed by atoms with E-state index in [1.54, 1.807) is 0 Å². The predicted octanol–water partition coefficient (Wildman–Crippen LogP) is 3.74. The van der Waals surface area contributed by atoms with Gasteiger partial charge in [-0.3, -0.25) is 4.79 Å². The molecular weight excluding hydrogens is 334 g/mol. The average molecular weight is 364 g/mol. The summed E-state index contributed by atoms with van der Waals surface area (Å²) in [6.45, 7) is 6.08. The van der Waals surface area contributed by atoms with E-state index < -0.39 is 0 Å². The van der Waals surface area contributed by atoms with Crippen LogP contribution in [0.3, 0.4) is 0 Å². The first kappa shape index (κ1) is 18.5. The molecule has 0 saturated carbocycles. The van der Waals surface area contributed by atoms with E-state index in [1.807, 2.05) is 23.1 Å². The van der Waals surface area contributed by atoms with Crippen molar-refractivity contribution in [2.75, 3.05) is 45.2 Å². The lowest BCUT2D eigenvalue weighted by Crippen LogP contribution is -2.43. The molecule has 138 valence electrons. The molecular formula is C20H30ClN3O. The molecule has 1 aromatic rings. The Morgan fingerprint density at radius 3 is 2.36 bits per heavy atom. The van der Waals surface area contributed by atoms with Crippen LogP contribution in [0.15, 0.2) is 18.2 Å². The minimum Gasteiger partial charge on any atom is -0.370 e. The topological polar surface area (TPSA) is 26.8 Å². The summed E-state index contributed by atoms with van der Waals surface area (Å²) in [6.07, 6.45) is 4.59. The Labute approximate surface area is 156 Å². The number of benzene rings is 1. The molecule has 0 bridgehead atoms. The van der Waals surface area contributed by atoms with E-state index in [4.69, 9.17) is 11.6 Å². The number of carbonyl (C=O) groups is 1. The molecule has 0 aromatic heterocycles. The van der Waals surface area contributed by atoms with Gasteiger partial charge < -0.3 is 14.7 Å². The Kier molecular flexibility index (Phi) is 5.90. The van der Waals surface area contributed by atoms with Gasteiger partial charge in [-0.2, -0.15) is 0 Å². The number of halogens is 1. The molecule has 2 heterocycles. The van der Waals surface area contributed by atoms with Gasteiger partial charge in [-0.05, 0) is 70.8 Å². The molecule has 5 heteroatoms. The van der Waals surface area contributed by atoms with Gasteiger partial charge in [0, 0.05) is 37.8 Å². The van der Waals surface area contributed by atoms with Crippen molar-refractivity contribution >= 4 is 23.2 Å². The number of carbonyl (C=O) groups excluding carboxylic acids is 1. The molecule has 2 saturated heterocycles. The number of rotatable bonds is 4. The van der Waals surface area contributed by atoms with Crippen molar-refractivity contribution in [3.63, 3.8) is 0 Å². The van der Waals surface area contributed by atoms with Gasteiger partial charge in [0.05, 0.1) is 10.7 Å². The third-order valence-corrected chi connectivity index (χ3v) is 6.27. The van der Waals surface area contributed by atoms with E-state index >= 15 is 0 Å². The van der Waals surface area contributed by atoms with Crippen LogP contribution in [0.2, 0.25) is 5.02 Å². The smallest absolute Gasteiger partial charge is 0.253 e. The van der Waals surface area contributed by atoms with Crippen LogP contribution in [-0.4, -0.2) is 62.0 Å². The maximum Gasteiger partial charge on any atom is 0.253 e. The van der Waals surface area contributed by atoms with Gasteiger partial charge in [-0.15, -0.1) is 0 Å². The molecule has 25 heavy (non-hydrogen) atoms. The minimum atomic E-state index is 0.117. The number of anilines is 1. The van der Waals surface area contributed by atoms with Crippen molar-refractivity contribution in [3.8, 4) is 0 Å². The quantitative estimate of drug-likeness (QED) is 0.815. The Balaban J connectivity index is 1.63. The zero-order chi connectivity index (χ0) is 18.0. The predicted molar refractivity (Wildman–Crippen MR) is 105 cm³/mol. The lowest BCUT2D eigenvalue weighted by molar-refractivity contribution is 0.0641. The molecule has 1 atom stereocenters. The third kappa shape index (κ3) is 4.12. The fourth-order valence-electron chi connectivity index (χ4n) is 4.04. The Hall–Kier alpha value is -1.26. The summed E-state index contributed by atoms with van der Waals surface area (Å²) in [5, 5.41) is 0.698. The first-order valence-electron chi connectivity index (χ1n) is 9.47. The standard InChI is InChI=1S/C20H30ClN3O/c1-15(22(2)3)16-8-12-24(13-9-16)20(25)17-6-7-19(18(21)14-17)23-10-4-5-11-23/h6-7,14-16H,4-5,8-13H2,1-3H3/t15-/m1/s1. The number of amides is 1. The van der Waals surface area contributed by atoms with E-state index in [9.17, 15) is 4.79 Å². The number of likely N-dealkylation sites (tertiary alicyclic amines) is 1. The highest BCUT2D eigenvalue weighted by Gasteiger charge is 2.28. The fraction of sp³-hybridized carbons (Fsp3) is 0.650. The first-order chi connectivity index (χ1) is 12.0. The fourth-order valence-corrected chi connectivity index (χ4v) is 4.34. The molecule has 4 nitrogen and oxygen atoms in total. The maximum atomic E-state index is 12.8. The monoisotopic (exact) mass is 363 g/mol. The molecule has 0 radical (unpaired) electrons. The summed E-state index contributed by atoms with van der Waals surface area (Å²) in [7, 11) is 4.26. The lowest BCUT2D eigenvalue weighted by atomic mass is 9.89. The third-order valence-electron chi connectivity index (χ3n) is 5.96. The van der Waals surface area contributed by atoms with Crippen molar-refractivity contribution < 1.29 is 4.79 Å². The van der Waals surface area contributed by atoms with E-state index in [-0.39, 0.29) is 5.91 Å². The van der Waals surface area contributed by atoms with Crippen LogP contribution in [0, 0.1) is 5.92 Å². The average Bonchev–Trinajstić information content (AvgIpc) is 3.14. The summed E-state index contributed by atoms with van der Waals surface area (Å²) >= 11 is 6.47. The van der Waals surface area contributed by atoms with E-state index in [0.29, 0.717) is 22.5 Å². The SMILES string of the molecule is C[C@H](C1CCN(C(=O)c2ccc(N3CCCC3)c(Cl)c2)CC1)N(C)C. The number of hydrogen-bond acceptors (Lipinski definition) is 3. The molecule has 0 spiro atoms. The largest absolute Gasteiger partial charge is 0.370 e. The summed E-state index contributed by atoms with van der Waals surface area (Å²) in [5.41, 5.74) is 1.78. The second kappa shape index (κ2) is 7.96. The highest BCUT2D eigenvalue weighted by Crippen LogP contribution is 2.30. The van der Waals surface area contributed by atoms with Crippen LogP contribution in [0.1, 0.15) is 43.0 Å². The summed E-state index contributed by atoms with van der Waals surface area (Å²) < 4.78 is 0. The number of piperidine rings is 1. The Morgan fingerprint density at radius 2 is 1.80 bits per heavy atom.